The van der Waals surface area contributed by atoms with Gasteiger partial charge in [-0.25, -0.2) is 4.98 Å². The standard InChI is InChI=1S/C11H11BrN2OS/c1-6-3-4-8-9(5-6)16-11(13-8)14-10(15)7(2)12/h3-5,7H,1-2H3,(H,13,14,15). The lowest BCUT2D eigenvalue weighted by molar-refractivity contribution is -0.115. The minimum atomic E-state index is -0.207. The van der Waals surface area contributed by atoms with Gasteiger partial charge >= 0.3 is 0 Å². The van der Waals surface area contributed by atoms with Crippen molar-refractivity contribution >= 4 is 48.5 Å². The number of carbonyl (C=O) groups is 1. The van der Waals surface area contributed by atoms with E-state index in [-0.39, 0.29) is 10.7 Å². The summed E-state index contributed by atoms with van der Waals surface area (Å²) in [7, 11) is 0. The number of nitrogens with zero attached hydrogens (tertiary/aromatic N) is 1. The van der Waals surface area contributed by atoms with E-state index in [9.17, 15) is 4.79 Å². The molecule has 16 heavy (non-hydrogen) atoms. The van der Waals surface area contributed by atoms with Gasteiger partial charge in [-0.2, -0.15) is 0 Å². The van der Waals surface area contributed by atoms with E-state index in [1.54, 1.807) is 6.92 Å². The third-order valence-electron chi connectivity index (χ3n) is 2.14. The molecule has 84 valence electrons. The number of aromatic nitrogens is 1. The van der Waals surface area contributed by atoms with Gasteiger partial charge < -0.3 is 5.32 Å². The molecule has 1 unspecified atom stereocenters. The van der Waals surface area contributed by atoms with Crippen molar-refractivity contribution in [2.45, 2.75) is 18.7 Å². The first-order valence-corrected chi connectivity index (χ1v) is 6.61. The minimum absolute atomic E-state index is 0.0734. The summed E-state index contributed by atoms with van der Waals surface area (Å²) in [6, 6.07) is 6.05. The number of rotatable bonds is 2. The van der Waals surface area contributed by atoms with Crippen molar-refractivity contribution in [1.29, 1.82) is 0 Å². The molecule has 1 atom stereocenters. The van der Waals surface area contributed by atoms with E-state index in [1.807, 2.05) is 19.1 Å². The Labute approximate surface area is 106 Å². The smallest absolute Gasteiger partial charge is 0.239 e. The number of nitrogens with one attached hydrogen (secondary N) is 1. The predicted octanol–water partition coefficient (Wildman–Crippen LogP) is 3.33. The molecular formula is C11H11BrN2OS. The van der Waals surface area contributed by atoms with Gasteiger partial charge in [-0.1, -0.05) is 33.3 Å². The van der Waals surface area contributed by atoms with Crippen LogP contribution in [0.5, 0.6) is 0 Å². The van der Waals surface area contributed by atoms with Crippen LogP contribution in [0.1, 0.15) is 12.5 Å². The van der Waals surface area contributed by atoms with Crippen LogP contribution >= 0.6 is 27.3 Å². The summed E-state index contributed by atoms with van der Waals surface area (Å²) >= 11 is 4.71. The van der Waals surface area contributed by atoms with E-state index in [0.717, 1.165) is 10.2 Å². The van der Waals surface area contributed by atoms with Crippen molar-refractivity contribution in [3.8, 4) is 0 Å². The molecule has 1 N–H and O–H groups in total. The van der Waals surface area contributed by atoms with Gasteiger partial charge in [-0.15, -0.1) is 0 Å². The first kappa shape index (κ1) is 11.5. The molecule has 0 radical (unpaired) electrons. The number of halogens is 1. The Bertz CT molecular complexity index is 536. The van der Waals surface area contributed by atoms with E-state index in [4.69, 9.17) is 0 Å². The monoisotopic (exact) mass is 298 g/mol. The quantitative estimate of drug-likeness (QED) is 0.864. The molecule has 2 rings (SSSR count). The van der Waals surface area contributed by atoms with Gasteiger partial charge in [0.05, 0.1) is 15.0 Å². The summed E-state index contributed by atoms with van der Waals surface area (Å²) in [6.07, 6.45) is 0. The lowest BCUT2D eigenvalue weighted by atomic mass is 10.2. The lowest BCUT2D eigenvalue weighted by Gasteiger charge is -2.01. The van der Waals surface area contributed by atoms with Crippen LogP contribution in [0.3, 0.4) is 0 Å². The predicted molar refractivity (Wildman–Crippen MR) is 71.4 cm³/mol. The largest absolute Gasteiger partial charge is 0.301 e. The second-order valence-electron chi connectivity index (χ2n) is 3.60. The molecule has 2 aromatic rings. The van der Waals surface area contributed by atoms with Crippen molar-refractivity contribution in [3.63, 3.8) is 0 Å². The number of aryl methyl sites for hydroxylation is 1. The number of amides is 1. The molecule has 0 fully saturated rings. The van der Waals surface area contributed by atoms with E-state index in [0.29, 0.717) is 5.13 Å². The summed E-state index contributed by atoms with van der Waals surface area (Å²) in [5, 5.41) is 3.42. The number of anilines is 1. The molecular weight excluding hydrogens is 288 g/mol. The lowest BCUT2D eigenvalue weighted by Crippen LogP contribution is -2.19. The fourth-order valence-electron chi connectivity index (χ4n) is 1.29. The van der Waals surface area contributed by atoms with E-state index >= 15 is 0 Å². The van der Waals surface area contributed by atoms with Crippen molar-refractivity contribution < 1.29 is 4.79 Å². The third-order valence-corrected chi connectivity index (χ3v) is 3.48. The highest BCUT2D eigenvalue weighted by molar-refractivity contribution is 9.10. The van der Waals surface area contributed by atoms with Gasteiger partial charge in [-0.3, -0.25) is 4.79 Å². The zero-order chi connectivity index (χ0) is 11.7. The summed E-state index contributed by atoms with van der Waals surface area (Å²) in [5.74, 6) is -0.0734. The van der Waals surface area contributed by atoms with Gasteiger partial charge in [0.2, 0.25) is 5.91 Å². The average molecular weight is 299 g/mol. The first-order chi connectivity index (χ1) is 7.56. The Kier molecular flexibility index (Phi) is 3.25. The van der Waals surface area contributed by atoms with Crippen molar-refractivity contribution in [3.05, 3.63) is 23.8 Å². The van der Waals surface area contributed by atoms with Gasteiger partial charge in [-0.05, 0) is 31.5 Å². The van der Waals surface area contributed by atoms with E-state index in [1.165, 1.54) is 16.9 Å². The minimum Gasteiger partial charge on any atom is -0.301 e. The highest BCUT2D eigenvalue weighted by atomic mass is 79.9. The van der Waals surface area contributed by atoms with Crippen LogP contribution in [0.15, 0.2) is 18.2 Å². The van der Waals surface area contributed by atoms with Crippen molar-refractivity contribution in [2.75, 3.05) is 5.32 Å². The van der Waals surface area contributed by atoms with E-state index in [2.05, 4.69) is 32.3 Å². The molecule has 0 bridgehead atoms. The Hall–Kier alpha value is -0.940. The zero-order valence-corrected chi connectivity index (χ0v) is 11.4. The van der Waals surface area contributed by atoms with Gasteiger partial charge in [0, 0.05) is 0 Å². The maximum absolute atomic E-state index is 11.5. The molecule has 1 heterocycles. The Morgan fingerprint density at radius 1 is 1.56 bits per heavy atom. The van der Waals surface area contributed by atoms with Crippen LogP contribution in [0, 0.1) is 6.92 Å². The SMILES string of the molecule is Cc1ccc2nc(NC(=O)C(C)Br)sc2c1. The highest BCUT2D eigenvalue weighted by Crippen LogP contribution is 2.26. The Balaban J connectivity index is 2.29. The van der Waals surface area contributed by atoms with Crippen LogP contribution in [0.2, 0.25) is 0 Å². The molecule has 1 aromatic carbocycles. The summed E-state index contributed by atoms with van der Waals surface area (Å²) < 4.78 is 1.09. The Morgan fingerprint density at radius 2 is 2.31 bits per heavy atom. The summed E-state index contributed by atoms with van der Waals surface area (Å²) in [4.78, 5) is 15.6. The normalized spacial score (nSPS) is 12.7. The second kappa shape index (κ2) is 4.51. The zero-order valence-electron chi connectivity index (χ0n) is 8.95. The van der Waals surface area contributed by atoms with Crippen molar-refractivity contribution in [2.24, 2.45) is 0 Å². The average Bonchev–Trinajstić information content (AvgIpc) is 2.58. The molecule has 1 amide bonds. The molecule has 0 spiro atoms. The number of fused-ring (bicyclic) bond motifs is 1. The molecule has 0 aliphatic carbocycles. The molecule has 5 heteroatoms. The number of thiazole rings is 1. The van der Waals surface area contributed by atoms with Crippen LogP contribution in [-0.4, -0.2) is 15.7 Å². The molecule has 1 aromatic heterocycles. The van der Waals surface area contributed by atoms with Crippen LogP contribution < -0.4 is 5.32 Å². The number of hydrogen-bond acceptors (Lipinski definition) is 3. The molecule has 0 aliphatic heterocycles. The van der Waals surface area contributed by atoms with Gasteiger partial charge in [0.1, 0.15) is 0 Å². The highest BCUT2D eigenvalue weighted by Gasteiger charge is 2.11. The Morgan fingerprint density at radius 3 is 3.00 bits per heavy atom. The number of carbonyl (C=O) groups excluding carboxylic acids is 1. The van der Waals surface area contributed by atoms with Crippen molar-refractivity contribution in [1.82, 2.24) is 4.98 Å². The van der Waals surface area contributed by atoms with Crippen LogP contribution in [0.25, 0.3) is 10.2 Å². The maximum atomic E-state index is 11.5. The molecule has 3 nitrogen and oxygen atoms in total. The van der Waals surface area contributed by atoms with E-state index < -0.39 is 0 Å². The summed E-state index contributed by atoms with van der Waals surface area (Å²) in [6.45, 7) is 3.82. The number of hydrogen-bond donors (Lipinski definition) is 1. The second-order valence-corrected chi connectivity index (χ2v) is 6.00. The topological polar surface area (TPSA) is 42.0 Å². The van der Waals surface area contributed by atoms with Crippen LogP contribution in [0.4, 0.5) is 5.13 Å². The first-order valence-electron chi connectivity index (χ1n) is 4.88. The van der Waals surface area contributed by atoms with Crippen LogP contribution in [-0.2, 0) is 4.79 Å². The fourth-order valence-corrected chi connectivity index (χ4v) is 2.37. The molecule has 0 saturated carbocycles. The number of alkyl halides is 1. The third kappa shape index (κ3) is 2.41. The maximum Gasteiger partial charge on any atom is 0.239 e. The molecule has 0 aliphatic rings. The van der Waals surface area contributed by atoms with Gasteiger partial charge in [0.15, 0.2) is 5.13 Å². The molecule has 0 saturated heterocycles. The summed E-state index contributed by atoms with van der Waals surface area (Å²) in [5.41, 5.74) is 2.12. The number of benzene rings is 1. The van der Waals surface area contributed by atoms with Gasteiger partial charge in [0.25, 0.3) is 0 Å². The fraction of sp³-hybridized carbons (Fsp3) is 0.273.